The van der Waals surface area contributed by atoms with Crippen molar-refractivity contribution < 1.29 is 19.1 Å². The Bertz CT molecular complexity index is 1190. The lowest BCUT2D eigenvalue weighted by Gasteiger charge is -2.18. The molecule has 1 saturated heterocycles. The molecule has 35 heavy (non-hydrogen) atoms. The maximum Gasteiger partial charge on any atom is 0.243 e. The molecule has 0 radical (unpaired) electrons. The second-order valence-electron chi connectivity index (χ2n) is 8.35. The zero-order chi connectivity index (χ0) is 24.8. The van der Waals surface area contributed by atoms with Crippen LogP contribution in [-0.2, 0) is 16.2 Å². The maximum absolute atomic E-state index is 12.8. The van der Waals surface area contributed by atoms with Crippen LogP contribution in [0.15, 0.2) is 66.7 Å². The summed E-state index contributed by atoms with van der Waals surface area (Å²) in [5.41, 5.74) is 9.04. The lowest BCUT2D eigenvalue weighted by Crippen LogP contribution is -2.36. The minimum Gasteiger partial charge on any atom is -0.490 e. The fraction of sp³-hybridized carbons (Fsp3) is 0.259. The number of nitrogens with one attached hydrogen (secondary N) is 2. The van der Waals surface area contributed by atoms with Crippen molar-refractivity contribution in [3.8, 4) is 11.5 Å². The smallest absolute Gasteiger partial charge is 0.243 e. The molecular formula is C27H28ClN3O4. The van der Waals surface area contributed by atoms with Crippen LogP contribution in [0.25, 0.3) is 0 Å². The Hall–Kier alpha value is -3.71. The predicted octanol–water partition coefficient (Wildman–Crippen LogP) is 5.12. The summed E-state index contributed by atoms with van der Waals surface area (Å²) < 4.78 is 11.7. The van der Waals surface area contributed by atoms with E-state index in [9.17, 15) is 9.59 Å². The minimum absolute atomic E-state index is 0.0735. The summed E-state index contributed by atoms with van der Waals surface area (Å²) in [6, 6.07) is 20.8. The Kier molecular flexibility index (Phi) is 7.77. The molecule has 0 spiro atoms. The van der Waals surface area contributed by atoms with Gasteiger partial charge in [-0.1, -0.05) is 59.6 Å². The molecule has 0 aromatic heterocycles. The average molecular weight is 494 g/mol. The fourth-order valence-electron chi connectivity index (χ4n) is 3.87. The van der Waals surface area contributed by atoms with Gasteiger partial charge in [0.05, 0.1) is 23.2 Å². The van der Waals surface area contributed by atoms with Crippen LogP contribution in [0.2, 0.25) is 5.02 Å². The Balaban J connectivity index is 1.39. The Labute approximate surface area is 210 Å². The molecule has 0 aliphatic carbocycles. The summed E-state index contributed by atoms with van der Waals surface area (Å²) in [7, 11) is 0. The Morgan fingerprint density at radius 2 is 1.83 bits per heavy atom. The number of hydrazine groups is 1. The molecule has 7 nitrogen and oxygen atoms in total. The third-order valence-corrected chi connectivity index (χ3v) is 5.99. The van der Waals surface area contributed by atoms with Crippen LogP contribution in [-0.4, -0.2) is 25.0 Å². The fourth-order valence-corrected chi connectivity index (χ4v) is 4.13. The third kappa shape index (κ3) is 6.05. The number of carbonyl (C=O) groups excluding carboxylic acids is 2. The number of rotatable bonds is 9. The van der Waals surface area contributed by atoms with Crippen molar-refractivity contribution in [1.82, 2.24) is 5.43 Å². The van der Waals surface area contributed by atoms with Crippen LogP contribution in [0.1, 0.15) is 24.5 Å². The van der Waals surface area contributed by atoms with Gasteiger partial charge in [0, 0.05) is 24.7 Å². The van der Waals surface area contributed by atoms with E-state index in [2.05, 4.69) is 10.9 Å². The number of anilines is 2. The molecule has 1 aliphatic rings. The monoisotopic (exact) mass is 493 g/mol. The summed E-state index contributed by atoms with van der Waals surface area (Å²) >= 11 is 6.49. The van der Waals surface area contributed by atoms with Gasteiger partial charge < -0.3 is 14.4 Å². The largest absolute Gasteiger partial charge is 0.490 e. The number of carbonyl (C=O) groups is 2. The van der Waals surface area contributed by atoms with E-state index >= 15 is 0 Å². The zero-order valence-electron chi connectivity index (χ0n) is 19.7. The van der Waals surface area contributed by atoms with Gasteiger partial charge in [0.1, 0.15) is 6.61 Å². The topological polar surface area (TPSA) is 79.9 Å². The summed E-state index contributed by atoms with van der Waals surface area (Å²) in [5.74, 6) is 0.0901. The number of amides is 2. The van der Waals surface area contributed by atoms with Crippen LogP contribution in [0, 0.1) is 12.8 Å². The van der Waals surface area contributed by atoms with Gasteiger partial charge in [-0.2, -0.15) is 0 Å². The van der Waals surface area contributed by atoms with E-state index in [0.717, 1.165) is 16.8 Å². The first-order chi connectivity index (χ1) is 16.9. The summed E-state index contributed by atoms with van der Waals surface area (Å²) in [6.45, 7) is 4.95. The van der Waals surface area contributed by atoms with E-state index in [4.69, 9.17) is 21.1 Å². The average Bonchev–Trinajstić information content (AvgIpc) is 3.25. The molecule has 2 N–H and O–H groups in total. The summed E-state index contributed by atoms with van der Waals surface area (Å²) in [4.78, 5) is 26.9. The number of benzene rings is 3. The number of halogens is 1. The number of nitrogens with zero attached hydrogens (tertiary/aromatic N) is 1. The number of hydrogen-bond acceptors (Lipinski definition) is 5. The van der Waals surface area contributed by atoms with Crippen molar-refractivity contribution in [1.29, 1.82) is 0 Å². The molecule has 1 heterocycles. The van der Waals surface area contributed by atoms with Gasteiger partial charge in [0.25, 0.3) is 0 Å². The summed E-state index contributed by atoms with van der Waals surface area (Å²) in [6.07, 6.45) is 0.151. The highest BCUT2D eigenvalue weighted by atomic mass is 35.5. The van der Waals surface area contributed by atoms with E-state index in [1.54, 1.807) is 17.0 Å². The van der Waals surface area contributed by atoms with Gasteiger partial charge in [-0.25, -0.2) is 0 Å². The van der Waals surface area contributed by atoms with Gasteiger partial charge in [0.2, 0.25) is 11.8 Å². The lowest BCUT2D eigenvalue weighted by molar-refractivity contribution is -0.125. The van der Waals surface area contributed by atoms with E-state index in [1.165, 1.54) is 0 Å². The number of hydrogen-bond donors (Lipinski definition) is 2. The van der Waals surface area contributed by atoms with Crippen molar-refractivity contribution in [3.63, 3.8) is 0 Å². The highest BCUT2D eigenvalue weighted by Gasteiger charge is 2.35. The van der Waals surface area contributed by atoms with E-state index in [1.807, 2.05) is 68.4 Å². The molecule has 0 saturated carbocycles. The maximum atomic E-state index is 12.8. The molecule has 1 aliphatic heterocycles. The normalized spacial score (nSPS) is 15.1. The molecular weight excluding hydrogens is 466 g/mol. The SMILES string of the molecule is CCOc1cc(NNC(=O)[C@H]2CC(=O)N(c3ccc(C)cc3)C2)cc(Cl)c1OCc1ccccc1. The van der Waals surface area contributed by atoms with Gasteiger partial charge >= 0.3 is 0 Å². The molecule has 0 unspecified atom stereocenters. The molecule has 182 valence electrons. The summed E-state index contributed by atoms with van der Waals surface area (Å²) in [5, 5.41) is 0.352. The number of ether oxygens (including phenoxy) is 2. The molecule has 1 fully saturated rings. The van der Waals surface area contributed by atoms with Crippen molar-refractivity contribution in [3.05, 3.63) is 82.9 Å². The first kappa shape index (κ1) is 24.4. The minimum atomic E-state index is -0.466. The van der Waals surface area contributed by atoms with Crippen LogP contribution in [0.4, 0.5) is 11.4 Å². The van der Waals surface area contributed by atoms with Crippen LogP contribution in [0.3, 0.4) is 0 Å². The third-order valence-electron chi connectivity index (χ3n) is 5.71. The first-order valence-electron chi connectivity index (χ1n) is 11.5. The Morgan fingerprint density at radius 1 is 1.09 bits per heavy atom. The zero-order valence-corrected chi connectivity index (χ0v) is 20.5. The molecule has 1 atom stereocenters. The highest BCUT2D eigenvalue weighted by molar-refractivity contribution is 6.32. The van der Waals surface area contributed by atoms with Gasteiger partial charge in [0.15, 0.2) is 11.5 Å². The first-order valence-corrected chi connectivity index (χ1v) is 11.9. The van der Waals surface area contributed by atoms with E-state index in [0.29, 0.717) is 42.0 Å². The molecule has 3 aromatic carbocycles. The van der Waals surface area contributed by atoms with Crippen LogP contribution >= 0.6 is 11.6 Å². The predicted molar refractivity (Wildman–Crippen MR) is 137 cm³/mol. The second kappa shape index (κ2) is 11.1. The lowest BCUT2D eigenvalue weighted by atomic mass is 10.1. The second-order valence-corrected chi connectivity index (χ2v) is 8.76. The molecule has 0 bridgehead atoms. The van der Waals surface area contributed by atoms with Crippen LogP contribution < -0.4 is 25.2 Å². The molecule has 4 rings (SSSR count). The number of aryl methyl sites for hydroxylation is 1. The highest BCUT2D eigenvalue weighted by Crippen LogP contribution is 2.39. The van der Waals surface area contributed by atoms with Crippen molar-refractivity contribution in [2.75, 3.05) is 23.5 Å². The van der Waals surface area contributed by atoms with E-state index in [-0.39, 0.29) is 18.2 Å². The molecule has 3 aromatic rings. The van der Waals surface area contributed by atoms with Crippen molar-refractivity contribution >= 4 is 34.8 Å². The Morgan fingerprint density at radius 3 is 2.54 bits per heavy atom. The van der Waals surface area contributed by atoms with Crippen molar-refractivity contribution in [2.24, 2.45) is 5.92 Å². The molecule has 2 amide bonds. The van der Waals surface area contributed by atoms with Gasteiger partial charge in [-0.15, -0.1) is 0 Å². The quantitative estimate of drug-likeness (QED) is 0.404. The van der Waals surface area contributed by atoms with Crippen molar-refractivity contribution in [2.45, 2.75) is 26.9 Å². The van der Waals surface area contributed by atoms with Gasteiger partial charge in [-0.05, 0) is 37.6 Å². The van der Waals surface area contributed by atoms with E-state index < -0.39 is 5.92 Å². The standard InChI is InChI=1S/C27H28ClN3O4/c1-3-34-24-15-21(14-23(28)26(24)35-17-19-7-5-4-6-8-19)29-30-27(33)20-13-25(32)31(16-20)22-11-9-18(2)10-12-22/h4-12,14-15,20,29H,3,13,16-17H2,1-2H3,(H,30,33)/t20-/m0/s1. The van der Waals surface area contributed by atoms with Crippen LogP contribution in [0.5, 0.6) is 11.5 Å². The molecule has 8 heteroatoms. The van der Waals surface area contributed by atoms with Gasteiger partial charge in [-0.3, -0.25) is 20.4 Å².